The Morgan fingerprint density at radius 2 is 1.95 bits per heavy atom. The summed E-state index contributed by atoms with van der Waals surface area (Å²) in [5.41, 5.74) is 0. The molecule has 0 spiro atoms. The number of halogens is 3. The maximum atomic E-state index is 12.7. The van der Waals surface area contributed by atoms with Crippen LogP contribution < -0.4 is 0 Å². The van der Waals surface area contributed by atoms with Gasteiger partial charge in [-0.05, 0) is 19.3 Å². The van der Waals surface area contributed by atoms with Crippen LogP contribution in [-0.4, -0.2) is 43.5 Å². The molecule has 2 unspecified atom stereocenters. The van der Waals surface area contributed by atoms with Crippen molar-refractivity contribution in [1.82, 2.24) is 19.7 Å². The highest BCUT2D eigenvalue weighted by Crippen LogP contribution is 2.31. The fraction of sp³-hybridized carbons (Fsp3) is 0.818. The van der Waals surface area contributed by atoms with Crippen molar-refractivity contribution in [3.8, 4) is 0 Å². The highest BCUT2D eigenvalue weighted by molar-refractivity contribution is 5.03. The Bertz CT molecular complexity index is 473. The first-order chi connectivity index (χ1) is 8.95. The summed E-state index contributed by atoms with van der Waals surface area (Å²) < 4.78 is 39.2. The summed E-state index contributed by atoms with van der Waals surface area (Å²) >= 11 is 0. The molecule has 2 aliphatic rings. The van der Waals surface area contributed by atoms with Crippen LogP contribution in [0.25, 0.3) is 0 Å². The Kier molecular flexibility index (Phi) is 3.01. The summed E-state index contributed by atoms with van der Waals surface area (Å²) in [5.74, 6) is -0.548. The predicted molar refractivity (Wildman–Crippen MR) is 59.1 cm³/mol. The van der Waals surface area contributed by atoms with E-state index in [0.717, 1.165) is 17.4 Å². The second-order valence-electron chi connectivity index (χ2n) is 5.18. The van der Waals surface area contributed by atoms with E-state index in [1.807, 2.05) is 0 Å². The summed E-state index contributed by atoms with van der Waals surface area (Å²) in [6.07, 6.45) is -2.38. The molecule has 0 radical (unpaired) electrons. The van der Waals surface area contributed by atoms with E-state index in [1.54, 1.807) is 0 Å². The van der Waals surface area contributed by atoms with Crippen molar-refractivity contribution in [3.63, 3.8) is 0 Å². The number of aromatic nitrogens is 3. The third kappa shape index (κ3) is 2.34. The number of hydrogen-bond donors (Lipinski definition) is 1. The molecule has 0 saturated heterocycles. The number of nitrogens with zero attached hydrogens (tertiary/aromatic N) is 4. The lowest BCUT2D eigenvalue weighted by Crippen LogP contribution is -2.41. The average Bonchev–Trinajstić information content (AvgIpc) is 2.92. The first-order valence-electron chi connectivity index (χ1n) is 6.36. The van der Waals surface area contributed by atoms with Gasteiger partial charge in [0.1, 0.15) is 5.82 Å². The van der Waals surface area contributed by atoms with E-state index in [-0.39, 0.29) is 18.7 Å². The van der Waals surface area contributed by atoms with Crippen molar-refractivity contribution in [2.24, 2.45) is 0 Å². The lowest BCUT2D eigenvalue weighted by molar-refractivity contribution is -0.148. The van der Waals surface area contributed by atoms with Gasteiger partial charge in [0.15, 0.2) is 0 Å². The van der Waals surface area contributed by atoms with Gasteiger partial charge in [0.25, 0.3) is 0 Å². The van der Waals surface area contributed by atoms with Crippen LogP contribution in [0.4, 0.5) is 13.2 Å². The van der Waals surface area contributed by atoms with Crippen molar-refractivity contribution in [1.29, 1.82) is 0 Å². The molecule has 1 fully saturated rings. The molecule has 2 heterocycles. The molecule has 1 saturated carbocycles. The summed E-state index contributed by atoms with van der Waals surface area (Å²) in [5, 5.41) is 16.4. The van der Waals surface area contributed by atoms with Crippen LogP contribution in [-0.2, 0) is 19.3 Å². The first kappa shape index (κ1) is 12.9. The molecular weight excluding hydrogens is 261 g/mol. The normalized spacial score (nSPS) is 28.6. The molecule has 1 N–H and O–H groups in total. The van der Waals surface area contributed by atoms with Crippen LogP contribution in [0, 0.1) is 0 Å². The Labute approximate surface area is 108 Å². The zero-order valence-electron chi connectivity index (χ0n) is 10.3. The maximum absolute atomic E-state index is 12.7. The van der Waals surface area contributed by atoms with Crippen molar-refractivity contribution in [2.45, 2.75) is 50.7 Å². The van der Waals surface area contributed by atoms with Gasteiger partial charge in [-0.3, -0.25) is 4.90 Å². The van der Waals surface area contributed by atoms with Gasteiger partial charge in [0.05, 0.1) is 12.6 Å². The number of aliphatic hydroxyl groups is 1. The number of aliphatic hydroxyl groups excluding tert-OH is 1. The monoisotopic (exact) mass is 276 g/mol. The molecular formula is C11H15F3N4O. The molecule has 106 valence electrons. The van der Waals surface area contributed by atoms with Gasteiger partial charge in [-0.2, -0.15) is 13.2 Å². The Morgan fingerprint density at radius 1 is 1.16 bits per heavy atom. The third-order valence-corrected chi connectivity index (χ3v) is 3.93. The van der Waals surface area contributed by atoms with Gasteiger partial charge >= 0.3 is 6.18 Å². The molecule has 0 aromatic carbocycles. The van der Waals surface area contributed by atoms with E-state index in [0.29, 0.717) is 25.3 Å². The number of fused-ring (bicyclic) bond motifs is 1. The molecule has 5 nitrogen and oxygen atoms in total. The quantitative estimate of drug-likeness (QED) is 0.832. The van der Waals surface area contributed by atoms with Gasteiger partial charge in [0, 0.05) is 19.1 Å². The van der Waals surface area contributed by atoms with Crippen molar-refractivity contribution < 1.29 is 18.3 Å². The van der Waals surface area contributed by atoms with E-state index in [4.69, 9.17) is 0 Å². The van der Waals surface area contributed by atoms with Gasteiger partial charge in [0.2, 0.25) is 5.82 Å². The molecule has 1 aromatic rings. The summed E-state index contributed by atoms with van der Waals surface area (Å²) in [6, 6.07) is 0.245. The largest absolute Gasteiger partial charge is 0.451 e. The smallest absolute Gasteiger partial charge is 0.393 e. The fourth-order valence-corrected chi connectivity index (χ4v) is 2.96. The number of hydrogen-bond acceptors (Lipinski definition) is 4. The summed E-state index contributed by atoms with van der Waals surface area (Å²) in [6.45, 7) is 1.18. The van der Waals surface area contributed by atoms with Crippen LogP contribution in [0.5, 0.6) is 0 Å². The van der Waals surface area contributed by atoms with Crippen molar-refractivity contribution in [3.05, 3.63) is 11.6 Å². The minimum absolute atomic E-state index is 0.245. The van der Waals surface area contributed by atoms with Crippen LogP contribution in [0.1, 0.15) is 30.9 Å². The highest BCUT2D eigenvalue weighted by Gasteiger charge is 2.40. The second-order valence-corrected chi connectivity index (χ2v) is 5.18. The molecule has 19 heavy (non-hydrogen) atoms. The lowest BCUT2D eigenvalue weighted by Gasteiger charge is -2.32. The van der Waals surface area contributed by atoms with E-state index >= 15 is 0 Å². The Morgan fingerprint density at radius 3 is 2.58 bits per heavy atom. The van der Waals surface area contributed by atoms with Gasteiger partial charge in [-0.25, -0.2) is 0 Å². The molecule has 1 aliphatic carbocycles. The summed E-state index contributed by atoms with van der Waals surface area (Å²) in [4.78, 5) is 2.10. The average molecular weight is 276 g/mol. The zero-order chi connectivity index (χ0) is 13.6. The SMILES string of the molecule is OC1CCC(N2CCn3c(nnc3C(F)(F)F)C2)C1. The minimum Gasteiger partial charge on any atom is -0.393 e. The van der Waals surface area contributed by atoms with Crippen LogP contribution in [0.15, 0.2) is 0 Å². The molecule has 0 amide bonds. The zero-order valence-corrected chi connectivity index (χ0v) is 10.3. The lowest BCUT2D eigenvalue weighted by atomic mass is 10.2. The van der Waals surface area contributed by atoms with Crippen LogP contribution in [0.3, 0.4) is 0 Å². The third-order valence-electron chi connectivity index (χ3n) is 3.93. The van der Waals surface area contributed by atoms with E-state index in [1.165, 1.54) is 0 Å². The molecule has 0 bridgehead atoms. The summed E-state index contributed by atoms with van der Waals surface area (Å²) in [7, 11) is 0. The van der Waals surface area contributed by atoms with Crippen molar-refractivity contribution >= 4 is 0 Å². The van der Waals surface area contributed by atoms with Gasteiger partial charge in [-0.1, -0.05) is 0 Å². The standard InChI is InChI=1S/C11H15F3N4O/c12-11(13,14)10-16-15-9-6-17(3-4-18(9)10)7-1-2-8(19)5-7/h7-8,19H,1-6H2. The molecule has 3 rings (SSSR count). The Hall–Kier alpha value is -1.15. The number of rotatable bonds is 1. The minimum atomic E-state index is -4.45. The van der Waals surface area contributed by atoms with E-state index in [9.17, 15) is 18.3 Å². The van der Waals surface area contributed by atoms with Gasteiger partial charge in [-0.15, -0.1) is 10.2 Å². The molecule has 2 atom stereocenters. The fourth-order valence-electron chi connectivity index (χ4n) is 2.96. The predicted octanol–water partition coefficient (Wildman–Crippen LogP) is 1.03. The molecule has 8 heteroatoms. The topological polar surface area (TPSA) is 54.2 Å². The second kappa shape index (κ2) is 4.45. The van der Waals surface area contributed by atoms with Crippen LogP contribution >= 0.6 is 0 Å². The molecule has 1 aromatic heterocycles. The Balaban J connectivity index is 1.77. The maximum Gasteiger partial charge on any atom is 0.451 e. The first-order valence-corrected chi connectivity index (χ1v) is 6.36. The van der Waals surface area contributed by atoms with E-state index in [2.05, 4.69) is 15.1 Å². The van der Waals surface area contributed by atoms with E-state index < -0.39 is 12.0 Å². The number of alkyl halides is 3. The van der Waals surface area contributed by atoms with Gasteiger partial charge < -0.3 is 9.67 Å². The van der Waals surface area contributed by atoms with Crippen LogP contribution in [0.2, 0.25) is 0 Å². The highest BCUT2D eigenvalue weighted by atomic mass is 19.4. The molecule has 1 aliphatic heterocycles. The van der Waals surface area contributed by atoms with Crippen molar-refractivity contribution in [2.75, 3.05) is 6.54 Å².